The summed E-state index contributed by atoms with van der Waals surface area (Å²) in [6.45, 7) is 6.61. The smallest absolute Gasteiger partial charge is 0.0593 e. The van der Waals surface area contributed by atoms with Crippen molar-refractivity contribution in [2.45, 2.75) is 19.8 Å². The second-order valence-corrected chi connectivity index (χ2v) is 3.42. The third-order valence-electron chi connectivity index (χ3n) is 1.84. The molecule has 0 atom stereocenters. The number of hydrogen-bond donors (Lipinski definition) is 0. The molecule has 0 aromatic rings. The zero-order chi connectivity index (χ0) is 10.6. The highest BCUT2D eigenvalue weighted by atomic mass is 32.1. The zero-order valence-corrected chi connectivity index (χ0v) is 9.98. The molecule has 0 rings (SSSR count). The van der Waals surface area contributed by atoms with Gasteiger partial charge in [0.1, 0.15) is 0 Å². The average molecular weight is 216 g/mol. The van der Waals surface area contributed by atoms with Crippen molar-refractivity contribution in [1.29, 1.82) is 0 Å². The lowest BCUT2D eigenvalue weighted by Gasteiger charge is -2.15. The Morgan fingerprint density at radius 1 is 1.36 bits per heavy atom. The lowest BCUT2D eigenvalue weighted by atomic mass is 10.4. The first kappa shape index (κ1) is 13.7. The predicted molar refractivity (Wildman–Crippen MR) is 63.1 cm³/mol. The van der Waals surface area contributed by atoms with E-state index in [2.05, 4.69) is 41.2 Å². The summed E-state index contributed by atoms with van der Waals surface area (Å²) in [4.78, 5) is 6.10. The van der Waals surface area contributed by atoms with Gasteiger partial charge in [0.25, 0.3) is 0 Å². The SMILES string of the molecule is CCCOCCN(C)CCCN=C=S. The van der Waals surface area contributed by atoms with E-state index >= 15 is 0 Å². The summed E-state index contributed by atoms with van der Waals surface area (Å²) in [6, 6.07) is 0. The minimum Gasteiger partial charge on any atom is -0.380 e. The van der Waals surface area contributed by atoms with Crippen molar-refractivity contribution >= 4 is 17.4 Å². The number of thiocarbonyl (C=S) groups is 1. The summed E-state index contributed by atoms with van der Waals surface area (Å²) in [5.41, 5.74) is 0. The Morgan fingerprint density at radius 2 is 2.14 bits per heavy atom. The van der Waals surface area contributed by atoms with Crippen molar-refractivity contribution in [2.24, 2.45) is 4.99 Å². The summed E-state index contributed by atoms with van der Waals surface area (Å²) in [7, 11) is 2.09. The highest BCUT2D eigenvalue weighted by Gasteiger charge is 1.96. The third-order valence-corrected chi connectivity index (χ3v) is 1.97. The molecule has 0 spiro atoms. The number of nitrogens with zero attached hydrogens (tertiary/aromatic N) is 2. The van der Waals surface area contributed by atoms with Crippen LogP contribution in [0.2, 0.25) is 0 Å². The van der Waals surface area contributed by atoms with Crippen LogP contribution in [0.15, 0.2) is 4.99 Å². The van der Waals surface area contributed by atoms with E-state index in [1.165, 1.54) is 0 Å². The van der Waals surface area contributed by atoms with Crippen LogP contribution in [-0.2, 0) is 4.74 Å². The van der Waals surface area contributed by atoms with Gasteiger partial charge in [-0.25, -0.2) is 4.99 Å². The molecule has 0 aliphatic carbocycles. The van der Waals surface area contributed by atoms with Crippen molar-refractivity contribution in [3.63, 3.8) is 0 Å². The Bertz CT molecular complexity index is 170. The van der Waals surface area contributed by atoms with Gasteiger partial charge in [-0.05, 0) is 38.7 Å². The Labute approximate surface area is 92.2 Å². The maximum atomic E-state index is 5.39. The topological polar surface area (TPSA) is 24.8 Å². The summed E-state index contributed by atoms with van der Waals surface area (Å²) in [5, 5.41) is 2.37. The number of likely N-dealkylation sites (N-methyl/N-ethyl adjacent to an activating group) is 1. The van der Waals surface area contributed by atoms with Gasteiger partial charge in [0, 0.05) is 13.2 Å². The Balaban J connectivity index is 3.18. The fraction of sp³-hybridized carbons (Fsp3) is 0.900. The highest BCUT2D eigenvalue weighted by molar-refractivity contribution is 7.78. The molecule has 82 valence electrons. The van der Waals surface area contributed by atoms with Gasteiger partial charge >= 0.3 is 0 Å². The molecule has 0 aromatic heterocycles. The second kappa shape index (κ2) is 10.8. The van der Waals surface area contributed by atoms with Crippen LogP contribution in [0.4, 0.5) is 0 Å². The first-order valence-corrected chi connectivity index (χ1v) is 5.52. The average Bonchev–Trinajstić information content (AvgIpc) is 2.19. The van der Waals surface area contributed by atoms with Crippen molar-refractivity contribution in [3.8, 4) is 0 Å². The van der Waals surface area contributed by atoms with Crippen molar-refractivity contribution in [3.05, 3.63) is 0 Å². The molecule has 0 saturated carbocycles. The van der Waals surface area contributed by atoms with E-state index in [-0.39, 0.29) is 0 Å². The van der Waals surface area contributed by atoms with E-state index in [0.29, 0.717) is 0 Å². The van der Waals surface area contributed by atoms with E-state index in [1.807, 2.05) is 0 Å². The molecule has 0 aromatic carbocycles. The van der Waals surface area contributed by atoms with E-state index < -0.39 is 0 Å². The molecule has 0 saturated heterocycles. The van der Waals surface area contributed by atoms with Crippen LogP contribution in [0.25, 0.3) is 0 Å². The van der Waals surface area contributed by atoms with Crippen LogP contribution < -0.4 is 0 Å². The van der Waals surface area contributed by atoms with Crippen molar-refractivity contribution < 1.29 is 4.74 Å². The van der Waals surface area contributed by atoms with Gasteiger partial charge in [0.15, 0.2) is 0 Å². The van der Waals surface area contributed by atoms with Crippen LogP contribution >= 0.6 is 12.2 Å². The Hall–Kier alpha value is -0.280. The van der Waals surface area contributed by atoms with Gasteiger partial charge in [0.2, 0.25) is 0 Å². The monoisotopic (exact) mass is 216 g/mol. The highest BCUT2D eigenvalue weighted by Crippen LogP contribution is 1.89. The molecule has 0 heterocycles. The summed E-state index contributed by atoms with van der Waals surface area (Å²) >= 11 is 4.48. The molecule has 4 heteroatoms. The number of isothiocyanates is 1. The number of hydrogen-bond acceptors (Lipinski definition) is 4. The lowest BCUT2D eigenvalue weighted by molar-refractivity contribution is 0.112. The Kier molecular flexibility index (Phi) is 10.6. The third kappa shape index (κ3) is 9.81. The molecule has 0 unspecified atom stereocenters. The molecule has 0 aliphatic rings. The molecule has 0 radical (unpaired) electrons. The number of rotatable bonds is 9. The van der Waals surface area contributed by atoms with Crippen LogP contribution in [-0.4, -0.2) is 50.0 Å². The van der Waals surface area contributed by atoms with E-state index in [0.717, 1.165) is 45.7 Å². The van der Waals surface area contributed by atoms with Gasteiger partial charge in [-0.2, -0.15) is 0 Å². The predicted octanol–water partition coefficient (Wildman–Crippen LogP) is 1.84. The quantitative estimate of drug-likeness (QED) is 0.334. The first-order chi connectivity index (χ1) is 6.81. The van der Waals surface area contributed by atoms with Gasteiger partial charge in [0.05, 0.1) is 18.3 Å². The van der Waals surface area contributed by atoms with Gasteiger partial charge in [-0.15, -0.1) is 0 Å². The minimum atomic E-state index is 0.781. The van der Waals surface area contributed by atoms with Gasteiger partial charge < -0.3 is 9.64 Å². The molecule has 0 N–H and O–H groups in total. The molecular formula is C10H20N2OS. The summed E-state index contributed by atoms with van der Waals surface area (Å²) in [6.07, 6.45) is 2.13. The van der Waals surface area contributed by atoms with Crippen molar-refractivity contribution in [2.75, 3.05) is 39.9 Å². The summed E-state index contributed by atoms with van der Waals surface area (Å²) in [5.74, 6) is 0. The maximum absolute atomic E-state index is 5.39. The number of ether oxygens (including phenoxy) is 1. The van der Waals surface area contributed by atoms with Crippen LogP contribution in [0, 0.1) is 0 Å². The second-order valence-electron chi connectivity index (χ2n) is 3.24. The summed E-state index contributed by atoms with van der Waals surface area (Å²) < 4.78 is 5.39. The molecule has 0 bridgehead atoms. The zero-order valence-electron chi connectivity index (χ0n) is 9.16. The van der Waals surface area contributed by atoms with E-state index in [4.69, 9.17) is 4.74 Å². The van der Waals surface area contributed by atoms with E-state index in [9.17, 15) is 0 Å². The maximum Gasteiger partial charge on any atom is 0.0593 e. The largest absolute Gasteiger partial charge is 0.380 e. The van der Waals surface area contributed by atoms with Gasteiger partial charge in [-0.3, -0.25) is 0 Å². The Morgan fingerprint density at radius 3 is 2.79 bits per heavy atom. The van der Waals surface area contributed by atoms with Crippen LogP contribution in [0.5, 0.6) is 0 Å². The number of aliphatic imine (C=N–C) groups is 1. The fourth-order valence-electron chi connectivity index (χ4n) is 1.04. The minimum absolute atomic E-state index is 0.781. The van der Waals surface area contributed by atoms with Gasteiger partial charge in [-0.1, -0.05) is 6.92 Å². The van der Waals surface area contributed by atoms with Crippen LogP contribution in [0.1, 0.15) is 19.8 Å². The van der Waals surface area contributed by atoms with Crippen LogP contribution in [0.3, 0.4) is 0 Å². The molecule has 3 nitrogen and oxygen atoms in total. The van der Waals surface area contributed by atoms with E-state index in [1.54, 1.807) is 0 Å². The molecular weight excluding hydrogens is 196 g/mol. The standard InChI is InChI=1S/C10H20N2OS/c1-3-8-13-9-7-12(2)6-4-5-11-10-14/h3-9H2,1-2H3. The molecule has 0 aliphatic heterocycles. The normalized spacial score (nSPS) is 10.2. The molecule has 14 heavy (non-hydrogen) atoms. The lowest BCUT2D eigenvalue weighted by Crippen LogP contribution is -2.24. The first-order valence-electron chi connectivity index (χ1n) is 5.11. The van der Waals surface area contributed by atoms with Crippen molar-refractivity contribution in [1.82, 2.24) is 4.90 Å². The molecule has 0 fully saturated rings. The molecule has 0 amide bonds. The fourth-order valence-corrected chi connectivity index (χ4v) is 1.14.